The average molecular weight is 145 g/mol. The van der Waals surface area contributed by atoms with Crippen molar-refractivity contribution in [2.45, 2.75) is 0 Å². The molecule has 0 aromatic rings. The Hall–Kier alpha value is 2.85. The van der Waals surface area contributed by atoms with Crippen molar-refractivity contribution in [1.29, 1.82) is 0 Å². The van der Waals surface area contributed by atoms with Gasteiger partial charge in [-0.1, -0.05) is 0 Å². The second-order valence-corrected chi connectivity index (χ2v) is 0. The molecule has 5 heteroatoms. The van der Waals surface area contributed by atoms with Crippen molar-refractivity contribution in [3.05, 3.63) is 0 Å². The third-order valence-corrected chi connectivity index (χ3v) is 0. The smallest absolute Gasteiger partial charge is 1.00 e. The van der Waals surface area contributed by atoms with Gasteiger partial charge in [-0.3, -0.25) is 0 Å². The van der Waals surface area contributed by atoms with Crippen molar-refractivity contribution < 1.29 is 40.9 Å². The summed E-state index contributed by atoms with van der Waals surface area (Å²) in [6.07, 6.45) is 0. The molecular formula is AlCaCrFLi+7. The Labute approximate surface area is 94.3 Å². The molecule has 0 nitrogen and oxygen atoms in total. The van der Waals surface area contributed by atoms with Gasteiger partial charge in [0, 0.05) is 0 Å². The Morgan fingerprint density at radius 3 is 1.00 bits per heavy atom. The van der Waals surface area contributed by atoms with Crippen molar-refractivity contribution in [2.75, 3.05) is 0 Å². The predicted molar refractivity (Wildman–Crippen MR) is 11.5 cm³/mol. The number of rotatable bonds is 0. The van der Waals surface area contributed by atoms with Crippen LogP contribution in [-0.2, 0) is 17.4 Å². The molecule has 0 aliphatic rings. The summed E-state index contributed by atoms with van der Waals surface area (Å²) in [5.41, 5.74) is 0. The summed E-state index contributed by atoms with van der Waals surface area (Å²) in [7, 11) is 0. The van der Waals surface area contributed by atoms with E-state index in [-0.39, 0.29) is 96.0 Å². The van der Waals surface area contributed by atoms with Crippen molar-refractivity contribution in [3.8, 4) is 0 Å². The molecule has 12 valence electrons. The van der Waals surface area contributed by atoms with Crippen LogP contribution in [-0.4, -0.2) is 55.1 Å². The van der Waals surface area contributed by atoms with E-state index in [9.17, 15) is 0 Å². The van der Waals surface area contributed by atoms with E-state index in [0.717, 1.165) is 0 Å². The van der Waals surface area contributed by atoms with E-state index >= 15 is 0 Å². The molecule has 0 aromatic heterocycles. The maximum Gasteiger partial charge on any atom is 3.00 e. The molecule has 0 rings (SSSR count). The SMILES string of the molecule is [Al+3].[Ca+2].[Cr+2].[F-].[Li+]. The molecule has 0 aliphatic heterocycles. The monoisotopic (exact) mass is 145 g/mol. The second-order valence-electron chi connectivity index (χ2n) is 0. The molecule has 0 amide bonds. The molecule has 0 radical (unpaired) electrons. The Morgan fingerprint density at radius 2 is 1.00 bits per heavy atom. The van der Waals surface area contributed by atoms with Gasteiger partial charge in [0.2, 0.25) is 0 Å². The third kappa shape index (κ3) is 19.8. The quantitative estimate of drug-likeness (QED) is 0.297. The van der Waals surface area contributed by atoms with Crippen LogP contribution in [0.4, 0.5) is 0 Å². The van der Waals surface area contributed by atoms with E-state index in [1.54, 1.807) is 0 Å². The molecule has 0 heterocycles. The molecule has 0 N–H and O–H groups in total. The van der Waals surface area contributed by atoms with Crippen LogP contribution in [0.25, 0.3) is 0 Å². The van der Waals surface area contributed by atoms with Crippen molar-refractivity contribution in [1.82, 2.24) is 0 Å². The fraction of sp³-hybridized carbons (Fsp3) is 0. The molecule has 0 bridgehead atoms. The van der Waals surface area contributed by atoms with Gasteiger partial charge in [0.05, 0.1) is 0 Å². The minimum Gasteiger partial charge on any atom is -1.00 e. The molecule has 0 unspecified atom stereocenters. The van der Waals surface area contributed by atoms with Crippen LogP contribution in [0.2, 0.25) is 0 Å². The van der Waals surface area contributed by atoms with E-state index < -0.39 is 0 Å². The van der Waals surface area contributed by atoms with Gasteiger partial charge in [-0.15, -0.1) is 0 Å². The van der Waals surface area contributed by atoms with Gasteiger partial charge < -0.3 is 4.70 Å². The first-order valence-corrected chi connectivity index (χ1v) is 0. The Morgan fingerprint density at radius 1 is 1.00 bits per heavy atom. The van der Waals surface area contributed by atoms with Gasteiger partial charge in [-0.2, -0.15) is 0 Å². The Kier molecular flexibility index (Phi) is 261. The van der Waals surface area contributed by atoms with Crippen LogP contribution in [0.3, 0.4) is 0 Å². The third-order valence-electron chi connectivity index (χ3n) is 0. The first-order valence-electron chi connectivity index (χ1n) is 0. The zero-order valence-corrected chi connectivity index (χ0v) is 7.71. The number of halogens is 1. The minimum atomic E-state index is 0. The van der Waals surface area contributed by atoms with E-state index in [4.69, 9.17) is 0 Å². The van der Waals surface area contributed by atoms with Crippen LogP contribution in [0.5, 0.6) is 0 Å². The van der Waals surface area contributed by atoms with Crippen LogP contribution in [0.15, 0.2) is 0 Å². The maximum atomic E-state index is 0. The molecule has 0 saturated carbocycles. The fourth-order valence-electron chi connectivity index (χ4n) is 0. The first-order chi connectivity index (χ1) is 0. The van der Waals surface area contributed by atoms with Gasteiger partial charge in [0.1, 0.15) is 0 Å². The topological polar surface area (TPSA) is 0 Å². The molecule has 0 fully saturated rings. The maximum absolute atomic E-state index is 0. The zero-order chi connectivity index (χ0) is 0. The first kappa shape index (κ1) is 45.3. The van der Waals surface area contributed by atoms with E-state index in [1.807, 2.05) is 0 Å². The number of hydrogen-bond acceptors (Lipinski definition) is 0. The fourth-order valence-corrected chi connectivity index (χ4v) is 0. The largest absolute Gasteiger partial charge is 3.00 e. The Balaban J connectivity index is 0. The van der Waals surface area contributed by atoms with Crippen molar-refractivity contribution >= 4 is 55.1 Å². The van der Waals surface area contributed by atoms with Crippen molar-refractivity contribution in [2.24, 2.45) is 0 Å². The normalized spacial score (nSPS) is 0. The summed E-state index contributed by atoms with van der Waals surface area (Å²) in [5, 5.41) is 0. The summed E-state index contributed by atoms with van der Waals surface area (Å²) < 4.78 is 0. The molecule has 0 atom stereocenters. The summed E-state index contributed by atoms with van der Waals surface area (Å²) in [5.74, 6) is 0. The standard InChI is InChI=1S/Al.Ca.Cr.FH.Li/h;;;1H;/q+3;2*+2;;+1/p-1. The average Bonchev–Trinajstić information content (AvgIpc) is 0. The van der Waals surface area contributed by atoms with Crippen LogP contribution in [0, 0.1) is 0 Å². The van der Waals surface area contributed by atoms with Crippen LogP contribution in [0.1, 0.15) is 0 Å². The van der Waals surface area contributed by atoms with Gasteiger partial charge in [0.15, 0.2) is 0 Å². The molecule has 5 heavy (non-hydrogen) atoms. The van der Waals surface area contributed by atoms with Gasteiger partial charge in [-0.25, -0.2) is 0 Å². The molecular weight excluding hydrogens is 145 g/mol. The molecule has 0 aromatic carbocycles. The van der Waals surface area contributed by atoms with Gasteiger partial charge in [0.25, 0.3) is 0 Å². The van der Waals surface area contributed by atoms with E-state index in [0.29, 0.717) is 0 Å². The molecule has 0 aliphatic carbocycles. The van der Waals surface area contributed by atoms with E-state index in [1.165, 1.54) is 0 Å². The molecule has 0 spiro atoms. The zero-order valence-electron chi connectivity index (χ0n) is 3.07. The minimum absolute atomic E-state index is 0. The summed E-state index contributed by atoms with van der Waals surface area (Å²) in [6, 6.07) is 0. The second kappa shape index (κ2) is 28.8. The summed E-state index contributed by atoms with van der Waals surface area (Å²) in [6.45, 7) is 0. The van der Waals surface area contributed by atoms with E-state index in [2.05, 4.69) is 0 Å². The van der Waals surface area contributed by atoms with Gasteiger partial charge >= 0.3 is 91.3 Å². The van der Waals surface area contributed by atoms with Gasteiger partial charge in [-0.05, 0) is 0 Å². The van der Waals surface area contributed by atoms with Crippen LogP contribution < -0.4 is 23.6 Å². The summed E-state index contributed by atoms with van der Waals surface area (Å²) >= 11 is 0. The predicted octanol–water partition coefficient (Wildman–Crippen LogP) is -6.76. The van der Waals surface area contributed by atoms with Crippen molar-refractivity contribution in [3.63, 3.8) is 0 Å². The number of hydrogen-bond donors (Lipinski definition) is 0. The van der Waals surface area contributed by atoms with Crippen LogP contribution >= 0.6 is 0 Å². The Bertz CT molecular complexity index is 11.6. The summed E-state index contributed by atoms with van der Waals surface area (Å²) in [4.78, 5) is 0. The molecule has 0 saturated heterocycles.